The van der Waals surface area contributed by atoms with Gasteiger partial charge in [-0.15, -0.1) is 0 Å². The van der Waals surface area contributed by atoms with Gasteiger partial charge in [0.2, 0.25) is 0 Å². The van der Waals surface area contributed by atoms with E-state index < -0.39 is 0 Å². The average Bonchev–Trinajstić information content (AvgIpc) is 2.33. The molecule has 0 unspecified atom stereocenters. The minimum absolute atomic E-state index is 0.669. The Bertz CT molecular complexity index is 341. The highest BCUT2D eigenvalue weighted by Gasteiger charge is 2.12. The molecule has 1 aromatic rings. The van der Waals surface area contributed by atoms with Gasteiger partial charge in [-0.1, -0.05) is 26.2 Å². The van der Waals surface area contributed by atoms with E-state index in [4.69, 9.17) is 5.73 Å². The van der Waals surface area contributed by atoms with Gasteiger partial charge in [0.15, 0.2) is 0 Å². The third kappa shape index (κ3) is 2.69. The molecule has 88 valence electrons. The summed E-state index contributed by atoms with van der Waals surface area (Å²) in [4.78, 5) is 0. The number of nitrogens with one attached hydrogen (secondary N) is 1. The number of aryl methyl sites for hydroxylation is 1. The van der Waals surface area contributed by atoms with Crippen LogP contribution in [0.4, 0.5) is 11.4 Å². The first-order valence-electron chi connectivity index (χ1n) is 6.44. The van der Waals surface area contributed by atoms with E-state index in [2.05, 4.69) is 24.4 Å². The van der Waals surface area contributed by atoms with Crippen molar-refractivity contribution in [3.63, 3.8) is 0 Å². The zero-order chi connectivity index (χ0) is 11.4. The molecule has 16 heavy (non-hydrogen) atoms. The van der Waals surface area contributed by atoms with Gasteiger partial charge in [-0.25, -0.2) is 0 Å². The van der Waals surface area contributed by atoms with Crippen molar-refractivity contribution in [3.05, 3.63) is 23.8 Å². The molecule has 2 rings (SSSR count). The predicted molar refractivity (Wildman–Crippen MR) is 70.7 cm³/mol. The lowest BCUT2D eigenvalue weighted by Gasteiger charge is -2.24. The zero-order valence-electron chi connectivity index (χ0n) is 10.1. The average molecular weight is 218 g/mol. The van der Waals surface area contributed by atoms with E-state index in [0.29, 0.717) is 6.04 Å². The standard InChI is InChI=1S/C14H22N2/c1-2-11-10-13(8-9-14(11)15)16-12-6-4-3-5-7-12/h8-10,12,16H,2-7,15H2,1H3. The second kappa shape index (κ2) is 5.24. The number of hydrogen-bond acceptors (Lipinski definition) is 2. The monoisotopic (exact) mass is 218 g/mol. The normalized spacial score (nSPS) is 17.3. The maximum Gasteiger partial charge on any atom is 0.0347 e. The van der Waals surface area contributed by atoms with Gasteiger partial charge < -0.3 is 11.1 Å². The molecule has 1 aliphatic rings. The van der Waals surface area contributed by atoms with Crippen molar-refractivity contribution < 1.29 is 0 Å². The molecule has 1 aliphatic carbocycles. The van der Waals surface area contributed by atoms with Crippen LogP contribution in [0.3, 0.4) is 0 Å². The summed E-state index contributed by atoms with van der Waals surface area (Å²) in [5.41, 5.74) is 9.30. The molecule has 0 atom stereocenters. The van der Waals surface area contributed by atoms with E-state index in [9.17, 15) is 0 Å². The van der Waals surface area contributed by atoms with E-state index in [1.54, 1.807) is 0 Å². The van der Waals surface area contributed by atoms with Gasteiger partial charge >= 0.3 is 0 Å². The summed E-state index contributed by atoms with van der Waals surface area (Å²) in [6.45, 7) is 2.15. The minimum atomic E-state index is 0.669. The molecule has 0 aromatic heterocycles. The molecule has 1 aromatic carbocycles. The molecule has 0 saturated heterocycles. The Morgan fingerprint density at radius 1 is 1.25 bits per heavy atom. The second-order valence-corrected chi connectivity index (χ2v) is 4.75. The third-order valence-corrected chi connectivity index (χ3v) is 3.50. The number of nitrogen functional groups attached to an aromatic ring is 1. The number of anilines is 2. The van der Waals surface area contributed by atoms with E-state index in [1.165, 1.54) is 43.4 Å². The summed E-state index contributed by atoms with van der Waals surface area (Å²) < 4.78 is 0. The molecule has 0 heterocycles. The van der Waals surface area contributed by atoms with Crippen LogP contribution in [0.1, 0.15) is 44.6 Å². The van der Waals surface area contributed by atoms with Gasteiger partial charge in [-0.05, 0) is 43.0 Å². The Morgan fingerprint density at radius 2 is 2.00 bits per heavy atom. The van der Waals surface area contributed by atoms with Crippen LogP contribution in [0, 0.1) is 0 Å². The van der Waals surface area contributed by atoms with Crippen molar-refractivity contribution in [2.24, 2.45) is 0 Å². The molecule has 3 N–H and O–H groups in total. The fraction of sp³-hybridized carbons (Fsp3) is 0.571. The van der Waals surface area contributed by atoms with Gasteiger partial charge in [0.1, 0.15) is 0 Å². The topological polar surface area (TPSA) is 38.0 Å². The maximum absolute atomic E-state index is 5.91. The molecule has 1 fully saturated rings. The summed E-state index contributed by atoms with van der Waals surface area (Å²) >= 11 is 0. The summed E-state index contributed by atoms with van der Waals surface area (Å²) in [6, 6.07) is 6.99. The Morgan fingerprint density at radius 3 is 2.69 bits per heavy atom. The first-order chi connectivity index (χ1) is 7.79. The second-order valence-electron chi connectivity index (χ2n) is 4.75. The molecule has 0 bridgehead atoms. The van der Waals surface area contributed by atoms with E-state index in [1.807, 2.05) is 6.07 Å². The van der Waals surface area contributed by atoms with Crippen LogP contribution in [0.5, 0.6) is 0 Å². The number of rotatable bonds is 3. The Balaban J connectivity index is 2.03. The molecule has 0 amide bonds. The smallest absolute Gasteiger partial charge is 0.0347 e. The van der Waals surface area contributed by atoms with Gasteiger partial charge in [0, 0.05) is 17.4 Å². The minimum Gasteiger partial charge on any atom is -0.399 e. The molecule has 1 saturated carbocycles. The Hall–Kier alpha value is -1.18. The summed E-state index contributed by atoms with van der Waals surface area (Å²) in [5, 5.41) is 3.63. The van der Waals surface area contributed by atoms with Crippen LogP contribution in [-0.2, 0) is 6.42 Å². The highest BCUT2D eigenvalue weighted by atomic mass is 14.9. The first kappa shape index (κ1) is 11.3. The summed E-state index contributed by atoms with van der Waals surface area (Å²) in [7, 11) is 0. The first-order valence-corrected chi connectivity index (χ1v) is 6.44. The third-order valence-electron chi connectivity index (χ3n) is 3.50. The van der Waals surface area contributed by atoms with Crippen molar-refractivity contribution in [1.82, 2.24) is 0 Å². The molecular weight excluding hydrogens is 196 g/mol. The summed E-state index contributed by atoms with van der Waals surface area (Å²) in [6.07, 6.45) is 7.77. The largest absolute Gasteiger partial charge is 0.399 e. The Kier molecular flexibility index (Phi) is 3.70. The lowest BCUT2D eigenvalue weighted by atomic mass is 9.95. The van der Waals surface area contributed by atoms with Crippen LogP contribution >= 0.6 is 0 Å². The van der Waals surface area contributed by atoms with Crippen LogP contribution in [0.25, 0.3) is 0 Å². The van der Waals surface area contributed by atoms with Gasteiger partial charge in [-0.2, -0.15) is 0 Å². The fourth-order valence-electron chi connectivity index (χ4n) is 2.48. The van der Waals surface area contributed by atoms with Gasteiger partial charge in [-0.3, -0.25) is 0 Å². The van der Waals surface area contributed by atoms with Gasteiger partial charge in [0.25, 0.3) is 0 Å². The van der Waals surface area contributed by atoms with Crippen molar-refractivity contribution in [1.29, 1.82) is 0 Å². The molecular formula is C14H22N2. The van der Waals surface area contributed by atoms with Crippen molar-refractivity contribution >= 4 is 11.4 Å². The maximum atomic E-state index is 5.91. The predicted octanol–water partition coefficient (Wildman–Crippen LogP) is 3.58. The molecule has 0 aliphatic heterocycles. The fourth-order valence-corrected chi connectivity index (χ4v) is 2.48. The van der Waals surface area contributed by atoms with Crippen LogP contribution in [0.15, 0.2) is 18.2 Å². The summed E-state index contributed by atoms with van der Waals surface area (Å²) in [5.74, 6) is 0. The van der Waals surface area contributed by atoms with Crippen molar-refractivity contribution in [2.45, 2.75) is 51.5 Å². The highest BCUT2D eigenvalue weighted by Crippen LogP contribution is 2.24. The van der Waals surface area contributed by atoms with Crippen molar-refractivity contribution in [3.8, 4) is 0 Å². The molecule has 0 spiro atoms. The lowest BCUT2D eigenvalue weighted by Crippen LogP contribution is -2.22. The lowest BCUT2D eigenvalue weighted by molar-refractivity contribution is 0.463. The number of nitrogens with two attached hydrogens (primary N) is 1. The zero-order valence-corrected chi connectivity index (χ0v) is 10.1. The van der Waals surface area contributed by atoms with E-state index in [0.717, 1.165) is 12.1 Å². The molecule has 2 nitrogen and oxygen atoms in total. The van der Waals surface area contributed by atoms with Crippen LogP contribution in [-0.4, -0.2) is 6.04 Å². The number of benzene rings is 1. The van der Waals surface area contributed by atoms with Crippen LogP contribution < -0.4 is 11.1 Å². The van der Waals surface area contributed by atoms with Gasteiger partial charge in [0.05, 0.1) is 0 Å². The quantitative estimate of drug-likeness (QED) is 0.761. The highest BCUT2D eigenvalue weighted by molar-refractivity contribution is 5.57. The number of hydrogen-bond donors (Lipinski definition) is 2. The Labute approximate surface area is 98.2 Å². The van der Waals surface area contributed by atoms with Crippen molar-refractivity contribution in [2.75, 3.05) is 11.1 Å². The van der Waals surface area contributed by atoms with E-state index >= 15 is 0 Å². The molecule has 2 heteroatoms. The van der Waals surface area contributed by atoms with E-state index in [-0.39, 0.29) is 0 Å². The molecule has 0 radical (unpaired) electrons. The van der Waals surface area contributed by atoms with Crippen LogP contribution in [0.2, 0.25) is 0 Å². The SMILES string of the molecule is CCc1cc(NC2CCCCC2)ccc1N.